The minimum atomic E-state index is 0.260. The molecule has 6 heteroatoms. The second kappa shape index (κ2) is 6.16. The zero-order chi connectivity index (χ0) is 13.0. The molecule has 0 aliphatic rings. The summed E-state index contributed by atoms with van der Waals surface area (Å²) in [7, 11) is 1.75. The zero-order valence-electron chi connectivity index (χ0n) is 10.1. The van der Waals surface area contributed by atoms with Gasteiger partial charge >= 0.3 is 0 Å². The molecule has 0 fully saturated rings. The number of nitrogens with zero attached hydrogens (tertiary/aromatic N) is 4. The number of aromatic nitrogens is 4. The number of halogens is 2. The maximum Gasteiger partial charge on any atom is 0.175 e. The Hall–Kier alpha value is -1.13. The SMILES string of the molecule is Cn1nnc(CC(CCl)Cc2ccccc2Cl)n1. The smallest absolute Gasteiger partial charge is 0.167 e. The molecule has 0 spiro atoms. The highest BCUT2D eigenvalue weighted by Crippen LogP contribution is 2.21. The molecule has 1 atom stereocenters. The van der Waals surface area contributed by atoms with Crippen molar-refractivity contribution in [3.63, 3.8) is 0 Å². The van der Waals surface area contributed by atoms with E-state index in [0.29, 0.717) is 12.3 Å². The van der Waals surface area contributed by atoms with Crippen LogP contribution in [0.15, 0.2) is 24.3 Å². The third-order valence-electron chi connectivity index (χ3n) is 2.71. The minimum absolute atomic E-state index is 0.260. The van der Waals surface area contributed by atoms with Crippen LogP contribution in [0.2, 0.25) is 5.02 Å². The first-order valence-corrected chi connectivity index (χ1v) is 6.62. The van der Waals surface area contributed by atoms with Crippen LogP contribution in [0.4, 0.5) is 0 Å². The molecule has 2 rings (SSSR count). The van der Waals surface area contributed by atoms with Gasteiger partial charge in [0.1, 0.15) is 0 Å². The Morgan fingerprint density at radius 1 is 1.28 bits per heavy atom. The van der Waals surface area contributed by atoms with Gasteiger partial charge < -0.3 is 0 Å². The summed E-state index contributed by atoms with van der Waals surface area (Å²) in [4.78, 5) is 1.45. The summed E-state index contributed by atoms with van der Waals surface area (Å²) in [5.41, 5.74) is 1.11. The lowest BCUT2D eigenvalue weighted by atomic mass is 9.97. The fraction of sp³-hybridized carbons (Fsp3) is 0.417. The summed E-state index contributed by atoms with van der Waals surface area (Å²) in [5, 5.41) is 12.7. The molecule has 0 aliphatic carbocycles. The van der Waals surface area contributed by atoms with E-state index in [2.05, 4.69) is 15.4 Å². The van der Waals surface area contributed by atoms with Crippen LogP contribution in [0.1, 0.15) is 11.4 Å². The number of benzene rings is 1. The van der Waals surface area contributed by atoms with E-state index in [1.54, 1.807) is 7.05 Å². The van der Waals surface area contributed by atoms with Gasteiger partial charge in [0.15, 0.2) is 5.82 Å². The topological polar surface area (TPSA) is 43.6 Å². The van der Waals surface area contributed by atoms with Gasteiger partial charge in [0.2, 0.25) is 0 Å². The van der Waals surface area contributed by atoms with Crippen molar-refractivity contribution in [1.82, 2.24) is 20.2 Å². The van der Waals surface area contributed by atoms with Gasteiger partial charge in [-0.3, -0.25) is 0 Å². The van der Waals surface area contributed by atoms with Crippen LogP contribution in [0.3, 0.4) is 0 Å². The predicted molar refractivity (Wildman–Crippen MR) is 71.9 cm³/mol. The zero-order valence-corrected chi connectivity index (χ0v) is 11.6. The fourth-order valence-corrected chi connectivity index (χ4v) is 2.25. The standard InChI is InChI=1S/C12H14Cl2N4/c1-18-16-12(15-17-18)7-9(8-13)6-10-4-2-3-5-11(10)14/h2-5,9H,6-8H2,1H3. The number of tetrazole rings is 1. The molecule has 0 N–H and O–H groups in total. The summed E-state index contributed by atoms with van der Waals surface area (Å²) in [6, 6.07) is 7.81. The summed E-state index contributed by atoms with van der Waals surface area (Å²) in [6.07, 6.45) is 1.53. The number of hydrogen-bond acceptors (Lipinski definition) is 3. The molecule has 96 valence electrons. The van der Waals surface area contributed by atoms with E-state index in [-0.39, 0.29) is 5.92 Å². The van der Waals surface area contributed by atoms with Gasteiger partial charge in [-0.1, -0.05) is 29.8 Å². The molecule has 1 aromatic heterocycles. The third-order valence-corrected chi connectivity index (χ3v) is 3.51. The van der Waals surface area contributed by atoms with Gasteiger partial charge in [-0.05, 0) is 29.2 Å². The van der Waals surface area contributed by atoms with E-state index >= 15 is 0 Å². The highest BCUT2D eigenvalue weighted by molar-refractivity contribution is 6.31. The first kappa shape index (κ1) is 13.3. The second-order valence-electron chi connectivity index (χ2n) is 4.22. The van der Waals surface area contributed by atoms with E-state index in [1.165, 1.54) is 4.80 Å². The van der Waals surface area contributed by atoms with Crippen molar-refractivity contribution in [3.05, 3.63) is 40.7 Å². The largest absolute Gasteiger partial charge is 0.175 e. The van der Waals surface area contributed by atoms with E-state index in [0.717, 1.165) is 22.8 Å². The van der Waals surface area contributed by atoms with Crippen LogP contribution >= 0.6 is 23.2 Å². The average molecular weight is 285 g/mol. The maximum absolute atomic E-state index is 6.14. The van der Waals surface area contributed by atoms with E-state index < -0.39 is 0 Å². The summed E-state index contributed by atoms with van der Waals surface area (Å²) >= 11 is 12.1. The van der Waals surface area contributed by atoms with Crippen molar-refractivity contribution in [2.75, 3.05) is 5.88 Å². The van der Waals surface area contributed by atoms with Crippen molar-refractivity contribution < 1.29 is 0 Å². The molecule has 0 saturated carbocycles. The Kier molecular flexibility index (Phi) is 4.55. The molecule has 1 unspecified atom stereocenters. The van der Waals surface area contributed by atoms with Gasteiger partial charge in [0, 0.05) is 17.3 Å². The summed E-state index contributed by atoms with van der Waals surface area (Å²) in [6.45, 7) is 0. The Labute approximate surface area is 116 Å². The Morgan fingerprint density at radius 3 is 2.67 bits per heavy atom. The first-order valence-electron chi connectivity index (χ1n) is 5.71. The molecular formula is C12H14Cl2N4. The van der Waals surface area contributed by atoms with E-state index in [9.17, 15) is 0 Å². The third kappa shape index (κ3) is 3.43. The highest BCUT2D eigenvalue weighted by atomic mass is 35.5. The molecular weight excluding hydrogens is 271 g/mol. The van der Waals surface area contributed by atoms with Crippen molar-refractivity contribution in [2.45, 2.75) is 12.8 Å². The van der Waals surface area contributed by atoms with Crippen LogP contribution in [0.5, 0.6) is 0 Å². The molecule has 1 heterocycles. The monoisotopic (exact) mass is 284 g/mol. The second-order valence-corrected chi connectivity index (χ2v) is 4.93. The Balaban J connectivity index is 2.04. The summed E-state index contributed by atoms with van der Waals surface area (Å²) < 4.78 is 0. The first-order chi connectivity index (χ1) is 8.69. The number of aryl methyl sites for hydroxylation is 1. The van der Waals surface area contributed by atoms with Gasteiger partial charge in [0.05, 0.1) is 7.05 Å². The predicted octanol–water partition coefficient (Wildman–Crippen LogP) is 2.50. The van der Waals surface area contributed by atoms with Gasteiger partial charge in [-0.25, -0.2) is 0 Å². The number of rotatable bonds is 5. The lowest BCUT2D eigenvalue weighted by molar-refractivity contribution is 0.560. The molecule has 0 amide bonds. The molecule has 0 saturated heterocycles. The fourth-order valence-electron chi connectivity index (χ4n) is 1.82. The average Bonchev–Trinajstić information content (AvgIpc) is 2.76. The number of hydrogen-bond donors (Lipinski definition) is 0. The van der Waals surface area contributed by atoms with Crippen LogP contribution in [0, 0.1) is 5.92 Å². The van der Waals surface area contributed by atoms with Crippen LogP contribution < -0.4 is 0 Å². The highest BCUT2D eigenvalue weighted by Gasteiger charge is 2.14. The van der Waals surface area contributed by atoms with Crippen molar-refractivity contribution >= 4 is 23.2 Å². The van der Waals surface area contributed by atoms with E-state index in [4.69, 9.17) is 23.2 Å². The summed E-state index contributed by atoms with van der Waals surface area (Å²) in [5.74, 6) is 1.52. The molecule has 1 aromatic carbocycles. The molecule has 0 bridgehead atoms. The van der Waals surface area contributed by atoms with Gasteiger partial charge in [0.25, 0.3) is 0 Å². The Morgan fingerprint density at radius 2 is 2.06 bits per heavy atom. The van der Waals surface area contributed by atoms with Crippen molar-refractivity contribution in [1.29, 1.82) is 0 Å². The van der Waals surface area contributed by atoms with Gasteiger partial charge in [-0.2, -0.15) is 4.80 Å². The Bertz CT molecular complexity index is 512. The van der Waals surface area contributed by atoms with Crippen molar-refractivity contribution in [3.8, 4) is 0 Å². The van der Waals surface area contributed by atoms with Crippen LogP contribution in [0.25, 0.3) is 0 Å². The lowest BCUT2D eigenvalue weighted by Gasteiger charge is -2.12. The number of alkyl halides is 1. The van der Waals surface area contributed by atoms with Crippen LogP contribution in [-0.2, 0) is 19.9 Å². The van der Waals surface area contributed by atoms with Crippen molar-refractivity contribution in [2.24, 2.45) is 13.0 Å². The van der Waals surface area contributed by atoms with E-state index in [1.807, 2.05) is 24.3 Å². The molecule has 18 heavy (non-hydrogen) atoms. The molecule has 4 nitrogen and oxygen atoms in total. The normalized spacial score (nSPS) is 12.6. The van der Waals surface area contributed by atoms with Gasteiger partial charge in [-0.15, -0.1) is 21.8 Å². The molecule has 0 aliphatic heterocycles. The lowest BCUT2D eigenvalue weighted by Crippen LogP contribution is -2.11. The molecule has 0 radical (unpaired) electrons. The minimum Gasteiger partial charge on any atom is -0.167 e. The van der Waals surface area contributed by atoms with Crippen LogP contribution in [-0.4, -0.2) is 26.1 Å². The maximum atomic E-state index is 6.14. The molecule has 2 aromatic rings. The quantitative estimate of drug-likeness (QED) is 0.793.